The van der Waals surface area contributed by atoms with Crippen molar-refractivity contribution in [2.75, 3.05) is 6.61 Å². The van der Waals surface area contributed by atoms with Crippen LogP contribution in [0.2, 0.25) is 5.02 Å². The summed E-state index contributed by atoms with van der Waals surface area (Å²) in [5, 5.41) is 3.16. The molecule has 0 fully saturated rings. The van der Waals surface area contributed by atoms with Crippen LogP contribution < -0.4 is 4.74 Å². The molecule has 0 aliphatic rings. The van der Waals surface area contributed by atoms with Gasteiger partial charge in [0.1, 0.15) is 5.75 Å². The lowest BCUT2D eigenvalue weighted by Gasteiger charge is -2.14. The first-order chi connectivity index (χ1) is 10.3. The molecule has 0 spiro atoms. The first-order valence-corrected chi connectivity index (χ1v) is 7.58. The number of benzene rings is 3. The second-order valence-corrected chi connectivity index (χ2v) is 5.45. The number of hydrogen-bond donors (Lipinski definition) is 0. The standard InChI is InChI=1S/C19H17ClO/c1-2-13-21-18-12-9-14-5-3-4-6-17(14)19(18)15-7-10-16(20)11-8-15/h3-12H,2,13H2,1H3. The van der Waals surface area contributed by atoms with Crippen molar-refractivity contribution >= 4 is 22.4 Å². The Kier molecular flexibility index (Phi) is 4.12. The molecular formula is C19H17ClO. The lowest BCUT2D eigenvalue weighted by molar-refractivity contribution is 0.319. The Hall–Kier alpha value is -1.99. The topological polar surface area (TPSA) is 9.23 Å². The molecular weight excluding hydrogens is 280 g/mol. The highest BCUT2D eigenvalue weighted by Crippen LogP contribution is 2.37. The molecule has 0 unspecified atom stereocenters. The predicted octanol–water partition coefficient (Wildman–Crippen LogP) is 5.95. The third-order valence-corrected chi connectivity index (χ3v) is 3.74. The second-order valence-electron chi connectivity index (χ2n) is 5.02. The largest absolute Gasteiger partial charge is 0.493 e. The highest BCUT2D eigenvalue weighted by Gasteiger charge is 2.11. The molecule has 0 saturated heterocycles. The summed E-state index contributed by atoms with van der Waals surface area (Å²) in [6.07, 6.45) is 0.993. The van der Waals surface area contributed by atoms with Crippen LogP contribution in [0.25, 0.3) is 21.9 Å². The van der Waals surface area contributed by atoms with E-state index in [1.165, 1.54) is 10.8 Å². The molecule has 0 aliphatic heterocycles. The Bertz CT molecular complexity index is 747. The number of ether oxygens (including phenoxy) is 1. The molecule has 3 rings (SSSR count). The third kappa shape index (κ3) is 2.88. The van der Waals surface area contributed by atoms with Crippen molar-refractivity contribution in [3.05, 3.63) is 65.7 Å². The van der Waals surface area contributed by atoms with Gasteiger partial charge in [-0.25, -0.2) is 0 Å². The van der Waals surface area contributed by atoms with Gasteiger partial charge in [0.15, 0.2) is 0 Å². The Labute approximate surface area is 130 Å². The minimum Gasteiger partial charge on any atom is -0.493 e. The molecule has 0 N–H and O–H groups in total. The van der Waals surface area contributed by atoms with Crippen molar-refractivity contribution in [1.29, 1.82) is 0 Å². The molecule has 2 heteroatoms. The van der Waals surface area contributed by atoms with E-state index in [0.717, 1.165) is 34.9 Å². The van der Waals surface area contributed by atoms with E-state index in [-0.39, 0.29) is 0 Å². The van der Waals surface area contributed by atoms with Gasteiger partial charge in [-0.3, -0.25) is 0 Å². The maximum absolute atomic E-state index is 6.01. The van der Waals surface area contributed by atoms with Gasteiger partial charge in [0.25, 0.3) is 0 Å². The first-order valence-electron chi connectivity index (χ1n) is 7.20. The van der Waals surface area contributed by atoms with Crippen LogP contribution in [0.15, 0.2) is 60.7 Å². The van der Waals surface area contributed by atoms with Crippen molar-refractivity contribution in [1.82, 2.24) is 0 Å². The van der Waals surface area contributed by atoms with Gasteiger partial charge in [0.05, 0.1) is 6.61 Å². The summed E-state index contributed by atoms with van der Waals surface area (Å²) in [6, 6.07) is 20.5. The number of fused-ring (bicyclic) bond motifs is 1. The van der Waals surface area contributed by atoms with E-state index in [2.05, 4.69) is 43.3 Å². The van der Waals surface area contributed by atoms with E-state index in [0.29, 0.717) is 0 Å². The zero-order valence-electron chi connectivity index (χ0n) is 12.0. The molecule has 3 aromatic rings. The van der Waals surface area contributed by atoms with Gasteiger partial charge < -0.3 is 4.74 Å². The summed E-state index contributed by atoms with van der Waals surface area (Å²) in [5.74, 6) is 0.929. The summed E-state index contributed by atoms with van der Waals surface area (Å²) in [6.45, 7) is 2.84. The van der Waals surface area contributed by atoms with E-state index in [9.17, 15) is 0 Å². The Morgan fingerprint density at radius 2 is 1.67 bits per heavy atom. The smallest absolute Gasteiger partial charge is 0.127 e. The van der Waals surface area contributed by atoms with Crippen LogP contribution >= 0.6 is 11.6 Å². The van der Waals surface area contributed by atoms with Crippen LogP contribution in [0.4, 0.5) is 0 Å². The first kappa shape index (κ1) is 14.0. The maximum Gasteiger partial charge on any atom is 0.127 e. The van der Waals surface area contributed by atoms with Crippen molar-refractivity contribution in [2.45, 2.75) is 13.3 Å². The zero-order valence-corrected chi connectivity index (χ0v) is 12.7. The molecule has 21 heavy (non-hydrogen) atoms. The van der Waals surface area contributed by atoms with Gasteiger partial charge in [-0.2, -0.15) is 0 Å². The minimum absolute atomic E-state index is 0.721. The quantitative estimate of drug-likeness (QED) is 0.578. The summed E-state index contributed by atoms with van der Waals surface area (Å²) in [4.78, 5) is 0. The number of hydrogen-bond acceptors (Lipinski definition) is 1. The molecule has 0 amide bonds. The predicted molar refractivity (Wildman–Crippen MR) is 90.2 cm³/mol. The van der Waals surface area contributed by atoms with Crippen LogP contribution in [-0.4, -0.2) is 6.61 Å². The zero-order chi connectivity index (χ0) is 14.7. The minimum atomic E-state index is 0.721. The Balaban J connectivity index is 2.22. The fraction of sp³-hybridized carbons (Fsp3) is 0.158. The average molecular weight is 297 g/mol. The molecule has 0 aliphatic carbocycles. The average Bonchev–Trinajstić information content (AvgIpc) is 2.53. The van der Waals surface area contributed by atoms with Crippen LogP contribution in [0, 0.1) is 0 Å². The molecule has 106 valence electrons. The van der Waals surface area contributed by atoms with E-state index in [1.807, 2.05) is 24.3 Å². The van der Waals surface area contributed by atoms with Crippen LogP contribution in [0.3, 0.4) is 0 Å². The highest BCUT2D eigenvalue weighted by atomic mass is 35.5. The van der Waals surface area contributed by atoms with E-state index in [4.69, 9.17) is 16.3 Å². The Morgan fingerprint density at radius 1 is 0.905 bits per heavy atom. The molecule has 0 bridgehead atoms. The summed E-state index contributed by atoms with van der Waals surface area (Å²) >= 11 is 6.01. The van der Waals surface area contributed by atoms with Gasteiger partial charge in [0.2, 0.25) is 0 Å². The molecule has 0 aromatic heterocycles. The number of rotatable bonds is 4. The number of halogens is 1. The van der Waals surface area contributed by atoms with Crippen LogP contribution in [0.5, 0.6) is 5.75 Å². The molecule has 0 radical (unpaired) electrons. The summed E-state index contributed by atoms with van der Waals surface area (Å²) < 4.78 is 5.95. The second kappa shape index (κ2) is 6.19. The fourth-order valence-electron chi connectivity index (χ4n) is 2.50. The van der Waals surface area contributed by atoms with Crippen molar-refractivity contribution in [2.24, 2.45) is 0 Å². The van der Waals surface area contributed by atoms with Crippen LogP contribution in [0.1, 0.15) is 13.3 Å². The van der Waals surface area contributed by atoms with Crippen molar-refractivity contribution in [3.63, 3.8) is 0 Å². The lowest BCUT2D eigenvalue weighted by Crippen LogP contribution is -1.97. The maximum atomic E-state index is 6.01. The van der Waals surface area contributed by atoms with Crippen molar-refractivity contribution < 1.29 is 4.74 Å². The molecule has 0 heterocycles. The van der Waals surface area contributed by atoms with Gasteiger partial charge >= 0.3 is 0 Å². The summed E-state index contributed by atoms with van der Waals surface area (Å²) in [7, 11) is 0. The fourth-order valence-corrected chi connectivity index (χ4v) is 2.62. The lowest BCUT2D eigenvalue weighted by atomic mass is 9.97. The molecule has 0 atom stereocenters. The van der Waals surface area contributed by atoms with E-state index < -0.39 is 0 Å². The molecule has 1 nitrogen and oxygen atoms in total. The van der Waals surface area contributed by atoms with Crippen molar-refractivity contribution in [3.8, 4) is 16.9 Å². The van der Waals surface area contributed by atoms with Gasteiger partial charge in [-0.05, 0) is 41.0 Å². The SMILES string of the molecule is CCCOc1ccc2ccccc2c1-c1ccc(Cl)cc1. The summed E-state index contributed by atoms with van der Waals surface area (Å²) in [5.41, 5.74) is 2.26. The third-order valence-electron chi connectivity index (χ3n) is 3.49. The van der Waals surface area contributed by atoms with E-state index in [1.54, 1.807) is 0 Å². The normalized spacial score (nSPS) is 10.8. The molecule has 3 aromatic carbocycles. The van der Waals surface area contributed by atoms with E-state index >= 15 is 0 Å². The monoisotopic (exact) mass is 296 g/mol. The Morgan fingerprint density at radius 3 is 2.43 bits per heavy atom. The van der Waals surface area contributed by atoms with Gasteiger partial charge in [-0.15, -0.1) is 0 Å². The highest BCUT2D eigenvalue weighted by molar-refractivity contribution is 6.30. The van der Waals surface area contributed by atoms with Crippen LogP contribution in [-0.2, 0) is 0 Å². The van der Waals surface area contributed by atoms with Gasteiger partial charge in [-0.1, -0.05) is 61.0 Å². The molecule has 0 saturated carbocycles. The van der Waals surface area contributed by atoms with Gasteiger partial charge in [0, 0.05) is 10.6 Å².